The maximum Gasteiger partial charge on any atom is 0.323 e. The molecule has 0 radical (unpaired) electrons. The lowest BCUT2D eigenvalue weighted by Crippen LogP contribution is -2.13. The van der Waals surface area contributed by atoms with E-state index >= 15 is 0 Å². The van der Waals surface area contributed by atoms with E-state index in [0.29, 0.717) is 5.16 Å². The van der Waals surface area contributed by atoms with Crippen LogP contribution in [0.25, 0.3) is 0 Å². The van der Waals surface area contributed by atoms with Crippen molar-refractivity contribution in [2.24, 2.45) is 0 Å². The molecule has 0 aliphatic carbocycles. The summed E-state index contributed by atoms with van der Waals surface area (Å²) in [7, 11) is 1.23. The van der Waals surface area contributed by atoms with Crippen LogP contribution in [0.3, 0.4) is 0 Å². The zero-order valence-electron chi connectivity index (χ0n) is 9.76. The van der Waals surface area contributed by atoms with Gasteiger partial charge in [0.05, 0.1) is 7.11 Å². The molecule has 0 spiro atoms. The highest BCUT2D eigenvalue weighted by atomic mass is 35.5. The van der Waals surface area contributed by atoms with Crippen LogP contribution in [-0.2, 0) is 9.53 Å². The molecule has 8 heteroatoms. The Kier molecular flexibility index (Phi) is 4.39. The number of aromatic amines is 1. The molecule has 100 valence electrons. The molecule has 2 rings (SSSR count). The number of rotatable bonds is 4. The van der Waals surface area contributed by atoms with Crippen LogP contribution in [0.2, 0.25) is 5.02 Å². The van der Waals surface area contributed by atoms with Gasteiger partial charge in [0, 0.05) is 10.6 Å². The van der Waals surface area contributed by atoms with Gasteiger partial charge in [0.25, 0.3) is 0 Å². The van der Waals surface area contributed by atoms with Gasteiger partial charge in [-0.05, 0) is 12.1 Å². The van der Waals surface area contributed by atoms with Gasteiger partial charge in [-0.1, -0.05) is 29.4 Å². The Morgan fingerprint density at radius 1 is 1.58 bits per heavy atom. The predicted molar refractivity (Wildman–Crippen MR) is 68.4 cm³/mol. The van der Waals surface area contributed by atoms with Crippen LogP contribution in [0.5, 0.6) is 0 Å². The van der Waals surface area contributed by atoms with E-state index in [4.69, 9.17) is 11.6 Å². The molecule has 0 saturated heterocycles. The second kappa shape index (κ2) is 6.03. The number of methoxy groups -OCH3 is 1. The third kappa shape index (κ3) is 3.05. The molecule has 1 aromatic carbocycles. The molecule has 1 N–H and O–H groups in total. The number of nitrogens with one attached hydrogen (secondary N) is 1. The fourth-order valence-electron chi connectivity index (χ4n) is 1.46. The van der Waals surface area contributed by atoms with Crippen LogP contribution >= 0.6 is 23.4 Å². The number of esters is 1. The zero-order valence-corrected chi connectivity index (χ0v) is 11.3. The number of carbonyl (C=O) groups excluding carboxylic acids is 1. The molecule has 0 bridgehead atoms. The second-order valence-electron chi connectivity index (χ2n) is 3.45. The first-order chi connectivity index (χ1) is 9.13. The predicted octanol–water partition coefficient (Wildman–Crippen LogP) is 2.60. The number of aromatic nitrogens is 3. The lowest BCUT2D eigenvalue weighted by atomic mass is 10.1. The molecule has 5 nitrogen and oxygen atoms in total. The minimum Gasteiger partial charge on any atom is -0.468 e. The van der Waals surface area contributed by atoms with Crippen LogP contribution in [0.15, 0.2) is 29.7 Å². The standard InChI is InChI=1S/C11H9ClFN3O2S/c1-18-10(17)9(19-11-14-5-15-16-11)8-6(12)3-2-4-7(8)13/h2-5,9H,1H3,(H,14,15,16)/t9-/m0/s1. The SMILES string of the molecule is COC(=O)[C@@H](Sc1ncn[nH]1)c1c(F)cccc1Cl. The summed E-state index contributed by atoms with van der Waals surface area (Å²) in [5, 5.41) is 5.82. The maximum atomic E-state index is 13.9. The van der Waals surface area contributed by atoms with Crippen molar-refractivity contribution in [2.45, 2.75) is 10.4 Å². The number of carbonyl (C=O) groups is 1. The third-order valence-electron chi connectivity index (χ3n) is 2.30. The van der Waals surface area contributed by atoms with Gasteiger partial charge in [0.15, 0.2) is 5.16 Å². The van der Waals surface area contributed by atoms with Gasteiger partial charge in [0.2, 0.25) is 0 Å². The van der Waals surface area contributed by atoms with Gasteiger partial charge in [-0.15, -0.1) is 0 Å². The topological polar surface area (TPSA) is 67.9 Å². The van der Waals surface area contributed by atoms with E-state index in [1.807, 2.05) is 0 Å². The average molecular weight is 302 g/mol. The molecule has 2 aromatic rings. The van der Waals surface area contributed by atoms with Crippen LogP contribution in [0, 0.1) is 5.82 Å². The quantitative estimate of drug-likeness (QED) is 0.694. The molecule has 19 heavy (non-hydrogen) atoms. The lowest BCUT2D eigenvalue weighted by Gasteiger charge is -2.15. The summed E-state index contributed by atoms with van der Waals surface area (Å²) >= 11 is 6.94. The van der Waals surface area contributed by atoms with E-state index in [-0.39, 0.29) is 10.6 Å². The molecule has 1 aromatic heterocycles. The van der Waals surface area contributed by atoms with E-state index in [2.05, 4.69) is 19.9 Å². The van der Waals surface area contributed by atoms with Crippen molar-refractivity contribution in [2.75, 3.05) is 7.11 Å². The fourth-order valence-corrected chi connectivity index (χ4v) is 2.78. The fraction of sp³-hybridized carbons (Fsp3) is 0.182. The lowest BCUT2D eigenvalue weighted by molar-refractivity contribution is -0.140. The van der Waals surface area contributed by atoms with Gasteiger partial charge in [-0.25, -0.2) is 9.37 Å². The number of halogens is 2. The van der Waals surface area contributed by atoms with E-state index < -0.39 is 17.0 Å². The molecule has 0 amide bonds. The van der Waals surface area contributed by atoms with Crippen molar-refractivity contribution in [3.05, 3.63) is 40.9 Å². The molecule has 0 fully saturated rings. The highest BCUT2D eigenvalue weighted by Gasteiger charge is 2.29. The van der Waals surface area contributed by atoms with Crippen molar-refractivity contribution >= 4 is 29.3 Å². The van der Waals surface area contributed by atoms with Crippen molar-refractivity contribution < 1.29 is 13.9 Å². The van der Waals surface area contributed by atoms with Crippen molar-refractivity contribution in [1.29, 1.82) is 0 Å². The number of hydrogen-bond acceptors (Lipinski definition) is 5. The summed E-state index contributed by atoms with van der Waals surface area (Å²) < 4.78 is 18.6. The highest BCUT2D eigenvalue weighted by Crippen LogP contribution is 2.38. The number of ether oxygens (including phenoxy) is 1. The summed E-state index contributed by atoms with van der Waals surface area (Å²) in [5.41, 5.74) is 0.0671. The summed E-state index contributed by atoms with van der Waals surface area (Å²) in [6.07, 6.45) is 1.29. The van der Waals surface area contributed by atoms with Gasteiger partial charge < -0.3 is 4.74 Å². The van der Waals surface area contributed by atoms with Crippen molar-refractivity contribution in [3.8, 4) is 0 Å². The summed E-state index contributed by atoms with van der Waals surface area (Å²) in [5.74, 6) is -1.19. The molecule has 0 aliphatic heterocycles. The van der Waals surface area contributed by atoms with Gasteiger partial charge in [-0.2, -0.15) is 5.10 Å². The molecule has 0 unspecified atom stereocenters. The van der Waals surface area contributed by atoms with E-state index in [9.17, 15) is 9.18 Å². The first kappa shape index (κ1) is 13.8. The van der Waals surface area contributed by atoms with Crippen molar-refractivity contribution in [3.63, 3.8) is 0 Å². The normalized spacial score (nSPS) is 12.2. The van der Waals surface area contributed by atoms with Crippen LogP contribution in [0.1, 0.15) is 10.8 Å². The molecular weight excluding hydrogens is 293 g/mol. The largest absolute Gasteiger partial charge is 0.468 e. The smallest absolute Gasteiger partial charge is 0.323 e. The van der Waals surface area contributed by atoms with E-state index in [1.165, 1.54) is 31.6 Å². The van der Waals surface area contributed by atoms with Gasteiger partial charge >= 0.3 is 5.97 Å². The molecule has 1 atom stereocenters. The Morgan fingerprint density at radius 3 is 2.95 bits per heavy atom. The summed E-state index contributed by atoms with van der Waals surface area (Å²) in [6.45, 7) is 0. The Bertz CT molecular complexity index is 559. The van der Waals surface area contributed by atoms with E-state index in [0.717, 1.165) is 11.8 Å². The molecule has 0 aliphatic rings. The maximum absolute atomic E-state index is 13.9. The number of hydrogen-bond donors (Lipinski definition) is 1. The van der Waals surface area contributed by atoms with Crippen LogP contribution in [-0.4, -0.2) is 28.3 Å². The summed E-state index contributed by atoms with van der Waals surface area (Å²) in [4.78, 5) is 15.7. The van der Waals surface area contributed by atoms with Gasteiger partial charge in [0.1, 0.15) is 17.4 Å². The Balaban J connectivity index is 2.40. The first-order valence-corrected chi connectivity index (χ1v) is 6.43. The first-order valence-electron chi connectivity index (χ1n) is 5.17. The Hall–Kier alpha value is -1.60. The van der Waals surface area contributed by atoms with Crippen LogP contribution in [0.4, 0.5) is 4.39 Å². The number of thioether (sulfide) groups is 1. The monoisotopic (exact) mass is 301 g/mol. The third-order valence-corrected chi connectivity index (χ3v) is 3.71. The Labute approximate surface area is 117 Å². The van der Waals surface area contributed by atoms with Crippen LogP contribution < -0.4 is 0 Å². The highest BCUT2D eigenvalue weighted by molar-refractivity contribution is 8.00. The van der Waals surface area contributed by atoms with Crippen molar-refractivity contribution in [1.82, 2.24) is 15.2 Å². The minimum absolute atomic E-state index is 0.0671. The minimum atomic E-state index is -0.952. The molecule has 0 saturated carbocycles. The zero-order chi connectivity index (χ0) is 13.8. The molecular formula is C11H9ClFN3O2S. The van der Waals surface area contributed by atoms with E-state index in [1.54, 1.807) is 0 Å². The Morgan fingerprint density at radius 2 is 2.37 bits per heavy atom. The average Bonchev–Trinajstić information content (AvgIpc) is 2.89. The second-order valence-corrected chi connectivity index (χ2v) is 4.95. The molecule has 1 heterocycles. The number of benzene rings is 1. The number of nitrogens with zero attached hydrogens (tertiary/aromatic N) is 2. The summed E-state index contributed by atoms with van der Waals surface area (Å²) in [6, 6.07) is 4.21. The number of H-pyrrole nitrogens is 1. The van der Waals surface area contributed by atoms with Gasteiger partial charge in [-0.3, -0.25) is 9.89 Å².